The van der Waals surface area contributed by atoms with Crippen molar-refractivity contribution in [2.45, 2.75) is 25.0 Å². The fourth-order valence-corrected chi connectivity index (χ4v) is 2.82. The number of hydrogen-bond donors (Lipinski definition) is 2. The van der Waals surface area contributed by atoms with Crippen LogP contribution in [0.2, 0.25) is 0 Å². The van der Waals surface area contributed by atoms with Gasteiger partial charge < -0.3 is 10.1 Å². The van der Waals surface area contributed by atoms with Gasteiger partial charge in [-0.1, -0.05) is 18.7 Å². The molecule has 0 bridgehead atoms. The summed E-state index contributed by atoms with van der Waals surface area (Å²) >= 11 is 1.12. The minimum atomic E-state index is -0.547. The normalized spacial score (nSPS) is 10.5. The monoisotopic (exact) mass is 367 g/mol. The quantitative estimate of drug-likeness (QED) is 0.411. The second kappa shape index (κ2) is 8.33. The predicted molar refractivity (Wildman–Crippen MR) is 92.1 cm³/mol. The first-order valence-corrected chi connectivity index (χ1v) is 8.35. The molecule has 10 nitrogen and oxygen atoms in total. The van der Waals surface area contributed by atoms with E-state index in [4.69, 9.17) is 4.74 Å². The molecule has 0 atom stereocenters. The Labute approximate surface area is 146 Å². The molecule has 0 spiro atoms. The van der Waals surface area contributed by atoms with Crippen molar-refractivity contribution in [1.82, 2.24) is 14.8 Å². The van der Waals surface area contributed by atoms with Crippen LogP contribution in [0.1, 0.15) is 13.3 Å². The SMILES string of the molecule is CCCn1c(SCC(=O)Nc2ccc([N+](=O)[O-])cc2OC)n[nH]c1=O. The number of ether oxygens (including phenoxy) is 1. The zero-order chi connectivity index (χ0) is 18.4. The molecular weight excluding hydrogens is 350 g/mol. The first kappa shape index (κ1) is 18.5. The summed E-state index contributed by atoms with van der Waals surface area (Å²) in [5.74, 6) is -0.139. The first-order valence-electron chi connectivity index (χ1n) is 7.36. The molecule has 1 aromatic carbocycles. The van der Waals surface area contributed by atoms with Crippen molar-refractivity contribution in [3.05, 3.63) is 38.8 Å². The molecule has 1 amide bonds. The number of nitrogens with zero attached hydrogens (tertiary/aromatic N) is 3. The fourth-order valence-electron chi connectivity index (χ4n) is 2.05. The Morgan fingerprint density at radius 1 is 1.52 bits per heavy atom. The summed E-state index contributed by atoms with van der Waals surface area (Å²) in [6, 6.07) is 3.91. The third kappa shape index (κ3) is 4.59. The van der Waals surface area contributed by atoms with Gasteiger partial charge in [0.05, 0.1) is 29.5 Å². The Balaban J connectivity index is 2.03. The number of H-pyrrole nitrogens is 1. The third-order valence-corrected chi connectivity index (χ3v) is 4.15. The van der Waals surface area contributed by atoms with Crippen LogP contribution in [0.4, 0.5) is 11.4 Å². The highest BCUT2D eigenvalue weighted by molar-refractivity contribution is 7.99. The molecule has 0 aliphatic carbocycles. The Morgan fingerprint density at radius 3 is 2.92 bits per heavy atom. The van der Waals surface area contributed by atoms with Gasteiger partial charge in [0.15, 0.2) is 5.16 Å². The van der Waals surface area contributed by atoms with Gasteiger partial charge in [-0.15, -0.1) is 5.10 Å². The van der Waals surface area contributed by atoms with Gasteiger partial charge in [0.1, 0.15) is 5.75 Å². The van der Waals surface area contributed by atoms with Gasteiger partial charge in [0.2, 0.25) is 5.91 Å². The molecule has 0 fully saturated rings. The van der Waals surface area contributed by atoms with E-state index in [1.165, 1.54) is 29.9 Å². The first-order chi connectivity index (χ1) is 12.0. The maximum absolute atomic E-state index is 12.1. The zero-order valence-corrected chi connectivity index (χ0v) is 14.5. The van der Waals surface area contributed by atoms with Crippen LogP contribution in [-0.2, 0) is 11.3 Å². The lowest BCUT2D eigenvalue weighted by atomic mass is 10.2. The van der Waals surface area contributed by atoms with Crippen molar-refractivity contribution in [1.29, 1.82) is 0 Å². The van der Waals surface area contributed by atoms with E-state index in [-0.39, 0.29) is 28.8 Å². The molecule has 134 valence electrons. The number of aromatic amines is 1. The van der Waals surface area contributed by atoms with Crippen LogP contribution in [0.15, 0.2) is 28.2 Å². The number of nitrogens with one attached hydrogen (secondary N) is 2. The van der Waals surface area contributed by atoms with Gasteiger partial charge in [-0.3, -0.25) is 19.5 Å². The van der Waals surface area contributed by atoms with Crippen molar-refractivity contribution in [3.63, 3.8) is 0 Å². The van der Waals surface area contributed by atoms with E-state index in [9.17, 15) is 19.7 Å². The van der Waals surface area contributed by atoms with Crippen molar-refractivity contribution in [3.8, 4) is 5.75 Å². The molecule has 11 heteroatoms. The largest absolute Gasteiger partial charge is 0.494 e. The molecule has 1 heterocycles. The smallest absolute Gasteiger partial charge is 0.343 e. The Morgan fingerprint density at radius 2 is 2.28 bits per heavy atom. The molecule has 2 rings (SSSR count). The lowest BCUT2D eigenvalue weighted by Gasteiger charge is -2.10. The van der Waals surface area contributed by atoms with Crippen molar-refractivity contribution < 1.29 is 14.5 Å². The Bertz CT molecular complexity index is 831. The molecule has 0 radical (unpaired) electrons. The zero-order valence-electron chi connectivity index (χ0n) is 13.6. The lowest BCUT2D eigenvalue weighted by molar-refractivity contribution is -0.384. The average molecular weight is 367 g/mol. The number of amides is 1. The third-order valence-electron chi connectivity index (χ3n) is 3.17. The number of carbonyl (C=O) groups is 1. The van der Waals surface area contributed by atoms with Gasteiger partial charge in [-0.05, 0) is 12.5 Å². The molecular formula is C14H17N5O5S. The number of rotatable bonds is 8. The molecule has 2 aromatic rings. The highest BCUT2D eigenvalue weighted by atomic mass is 32.2. The van der Waals surface area contributed by atoms with Crippen LogP contribution in [-0.4, -0.2) is 38.5 Å². The lowest BCUT2D eigenvalue weighted by Crippen LogP contribution is -2.18. The molecule has 0 saturated heterocycles. The average Bonchev–Trinajstić information content (AvgIpc) is 2.94. The summed E-state index contributed by atoms with van der Waals surface area (Å²) in [5.41, 5.74) is -0.127. The van der Waals surface area contributed by atoms with Gasteiger partial charge in [-0.2, -0.15) is 0 Å². The number of anilines is 1. The highest BCUT2D eigenvalue weighted by Crippen LogP contribution is 2.29. The second-order valence-corrected chi connectivity index (χ2v) is 5.88. The summed E-state index contributed by atoms with van der Waals surface area (Å²) in [4.78, 5) is 33.9. The number of hydrogen-bond acceptors (Lipinski definition) is 7. The standard InChI is InChI=1S/C14H17N5O5S/c1-3-6-18-13(21)16-17-14(18)25-8-12(20)15-10-5-4-9(19(22)23)7-11(10)24-2/h4-5,7H,3,6,8H2,1-2H3,(H,15,20)(H,16,21). The molecule has 0 unspecified atom stereocenters. The van der Waals surface area contributed by atoms with Crippen LogP contribution in [0.25, 0.3) is 0 Å². The minimum Gasteiger partial charge on any atom is -0.494 e. The van der Waals surface area contributed by atoms with Crippen LogP contribution >= 0.6 is 11.8 Å². The summed E-state index contributed by atoms with van der Waals surface area (Å²) in [7, 11) is 1.36. The summed E-state index contributed by atoms with van der Waals surface area (Å²) < 4.78 is 6.53. The Kier molecular flexibility index (Phi) is 6.17. The van der Waals surface area contributed by atoms with E-state index in [0.717, 1.165) is 18.2 Å². The van der Waals surface area contributed by atoms with Gasteiger partial charge in [0.25, 0.3) is 5.69 Å². The van der Waals surface area contributed by atoms with E-state index in [0.29, 0.717) is 17.4 Å². The summed E-state index contributed by atoms with van der Waals surface area (Å²) in [6.07, 6.45) is 0.763. The Hall–Kier alpha value is -2.82. The van der Waals surface area contributed by atoms with Crippen molar-refractivity contribution in [2.24, 2.45) is 0 Å². The number of methoxy groups -OCH3 is 1. The predicted octanol–water partition coefficient (Wildman–Crippen LogP) is 1.63. The highest BCUT2D eigenvalue weighted by Gasteiger charge is 2.15. The molecule has 0 aliphatic rings. The van der Waals surface area contributed by atoms with Crippen molar-refractivity contribution >= 4 is 29.0 Å². The molecule has 2 N–H and O–H groups in total. The maximum Gasteiger partial charge on any atom is 0.343 e. The van der Waals surface area contributed by atoms with Crippen LogP contribution in [0, 0.1) is 10.1 Å². The molecule has 0 aliphatic heterocycles. The van der Waals surface area contributed by atoms with E-state index < -0.39 is 4.92 Å². The van der Waals surface area contributed by atoms with E-state index in [1.807, 2.05) is 6.92 Å². The minimum absolute atomic E-state index is 0.0220. The number of non-ortho nitro benzene ring substituents is 1. The van der Waals surface area contributed by atoms with E-state index in [1.54, 1.807) is 0 Å². The molecule has 25 heavy (non-hydrogen) atoms. The maximum atomic E-state index is 12.1. The number of nitro groups is 1. The number of aromatic nitrogens is 3. The van der Waals surface area contributed by atoms with Gasteiger partial charge in [-0.25, -0.2) is 9.89 Å². The van der Waals surface area contributed by atoms with Gasteiger partial charge >= 0.3 is 5.69 Å². The second-order valence-electron chi connectivity index (χ2n) is 4.94. The topological polar surface area (TPSA) is 132 Å². The summed E-state index contributed by atoms with van der Waals surface area (Å²) in [6.45, 7) is 2.44. The van der Waals surface area contributed by atoms with Crippen LogP contribution < -0.4 is 15.7 Å². The number of carbonyl (C=O) groups excluding carboxylic acids is 1. The van der Waals surface area contributed by atoms with Crippen LogP contribution in [0.5, 0.6) is 5.75 Å². The molecule has 1 aromatic heterocycles. The van der Waals surface area contributed by atoms with Crippen LogP contribution in [0.3, 0.4) is 0 Å². The van der Waals surface area contributed by atoms with Gasteiger partial charge in [0, 0.05) is 12.6 Å². The number of nitro benzene ring substituents is 1. The number of benzene rings is 1. The van der Waals surface area contributed by atoms with E-state index in [2.05, 4.69) is 15.5 Å². The molecule has 0 saturated carbocycles. The van der Waals surface area contributed by atoms with Crippen molar-refractivity contribution in [2.75, 3.05) is 18.2 Å². The van der Waals surface area contributed by atoms with E-state index >= 15 is 0 Å². The fraction of sp³-hybridized carbons (Fsp3) is 0.357. The number of thioether (sulfide) groups is 1. The summed E-state index contributed by atoms with van der Waals surface area (Å²) in [5, 5.41) is 20.1.